The Morgan fingerprint density at radius 3 is 2.71 bits per heavy atom. The lowest BCUT2D eigenvalue weighted by Crippen LogP contribution is -2.29. The fourth-order valence-electron chi connectivity index (χ4n) is 2.65. The minimum absolute atomic E-state index is 0.190. The number of nitrogens with two attached hydrogens (primary N) is 1. The van der Waals surface area contributed by atoms with Gasteiger partial charge in [0.05, 0.1) is 5.02 Å². The van der Waals surface area contributed by atoms with Crippen LogP contribution in [0.1, 0.15) is 29.9 Å². The lowest BCUT2D eigenvalue weighted by molar-refractivity contribution is 0.475. The summed E-state index contributed by atoms with van der Waals surface area (Å²) in [5.41, 5.74) is 5.92. The molecule has 0 aliphatic carbocycles. The molecule has 3 rings (SSSR count). The van der Waals surface area contributed by atoms with Crippen molar-refractivity contribution in [3.8, 4) is 0 Å². The monoisotopic (exact) mass is 300 g/mol. The summed E-state index contributed by atoms with van der Waals surface area (Å²) in [6.07, 6.45) is 0.940. The van der Waals surface area contributed by atoms with E-state index in [0.717, 1.165) is 23.1 Å². The van der Waals surface area contributed by atoms with E-state index < -0.39 is 0 Å². The van der Waals surface area contributed by atoms with Crippen molar-refractivity contribution in [2.45, 2.75) is 19.4 Å². The van der Waals surface area contributed by atoms with Crippen LogP contribution in [0.25, 0.3) is 11.0 Å². The van der Waals surface area contributed by atoms with E-state index in [-0.39, 0.29) is 6.04 Å². The van der Waals surface area contributed by atoms with Crippen LogP contribution in [0.15, 0.2) is 52.9 Å². The van der Waals surface area contributed by atoms with Crippen LogP contribution in [0, 0.1) is 0 Å². The third-order valence-corrected chi connectivity index (χ3v) is 4.01. The number of aryl methyl sites for hydroxylation is 1. The Kier molecular flexibility index (Phi) is 3.97. The first-order valence-electron chi connectivity index (χ1n) is 6.96. The van der Waals surface area contributed by atoms with E-state index >= 15 is 0 Å². The van der Waals surface area contributed by atoms with Gasteiger partial charge in [0.2, 0.25) is 0 Å². The maximum Gasteiger partial charge on any atom is 0.152 e. The molecule has 0 bridgehead atoms. The average molecular weight is 301 g/mol. The Balaban J connectivity index is 2.12. The molecular formula is C17H17ClN2O. The van der Waals surface area contributed by atoms with Crippen molar-refractivity contribution in [1.82, 2.24) is 5.43 Å². The molecule has 3 nitrogen and oxygen atoms in total. The Morgan fingerprint density at radius 2 is 2.00 bits per heavy atom. The van der Waals surface area contributed by atoms with Crippen LogP contribution in [-0.4, -0.2) is 0 Å². The molecule has 1 atom stereocenters. The van der Waals surface area contributed by atoms with Crippen LogP contribution < -0.4 is 11.3 Å². The summed E-state index contributed by atoms with van der Waals surface area (Å²) in [7, 11) is 0. The van der Waals surface area contributed by atoms with Gasteiger partial charge in [0, 0.05) is 5.39 Å². The minimum Gasteiger partial charge on any atom is -0.457 e. The third-order valence-electron chi connectivity index (χ3n) is 3.71. The molecule has 0 spiro atoms. The molecule has 2 aromatic carbocycles. The van der Waals surface area contributed by atoms with Gasteiger partial charge in [-0.3, -0.25) is 5.84 Å². The number of fused-ring (bicyclic) bond motifs is 1. The zero-order chi connectivity index (χ0) is 14.8. The Hall–Kier alpha value is -1.81. The highest BCUT2D eigenvalue weighted by Crippen LogP contribution is 2.32. The zero-order valence-electron chi connectivity index (χ0n) is 11.8. The van der Waals surface area contributed by atoms with Gasteiger partial charge < -0.3 is 4.42 Å². The van der Waals surface area contributed by atoms with Crippen molar-refractivity contribution in [2.24, 2.45) is 5.84 Å². The normalized spacial score (nSPS) is 12.7. The smallest absolute Gasteiger partial charge is 0.152 e. The topological polar surface area (TPSA) is 51.2 Å². The second kappa shape index (κ2) is 5.90. The molecule has 0 saturated carbocycles. The number of furan rings is 1. The highest BCUT2D eigenvalue weighted by atomic mass is 35.5. The molecule has 0 saturated heterocycles. The van der Waals surface area contributed by atoms with Crippen LogP contribution in [0.3, 0.4) is 0 Å². The van der Waals surface area contributed by atoms with Crippen molar-refractivity contribution in [2.75, 3.05) is 0 Å². The highest BCUT2D eigenvalue weighted by Gasteiger charge is 2.20. The predicted octanol–water partition coefficient (Wildman–Crippen LogP) is 4.20. The van der Waals surface area contributed by atoms with Gasteiger partial charge in [-0.05, 0) is 29.7 Å². The van der Waals surface area contributed by atoms with Gasteiger partial charge in [-0.2, -0.15) is 0 Å². The van der Waals surface area contributed by atoms with E-state index in [9.17, 15) is 0 Å². The minimum atomic E-state index is -0.190. The second-order valence-corrected chi connectivity index (χ2v) is 5.37. The summed E-state index contributed by atoms with van der Waals surface area (Å²) in [4.78, 5) is 0. The largest absolute Gasteiger partial charge is 0.457 e. The van der Waals surface area contributed by atoms with E-state index in [1.165, 1.54) is 5.56 Å². The van der Waals surface area contributed by atoms with Crippen molar-refractivity contribution < 1.29 is 4.42 Å². The number of nitrogens with one attached hydrogen (secondary N) is 1. The molecule has 0 aliphatic rings. The molecular weight excluding hydrogens is 284 g/mol. The number of rotatable bonds is 4. The van der Waals surface area contributed by atoms with Crippen LogP contribution >= 0.6 is 11.6 Å². The summed E-state index contributed by atoms with van der Waals surface area (Å²) in [6.45, 7) is 2.13. The zero-order valence-corrected chi connectivity index (χ0v) is 12.5. The van der Waals surface area contributed by atoms with Crippen molar-refractivity contribution in [3.63, 3.8) is 0 Å². The SMILES string of the molecule is CCc1ccccc1C(NN)c1cc2cccc(Cl)c2o1. The first-order chi connectivity index (χ1) is 10.2. The fraction of sp³-hybridized carbons (Fsp3) is 0.176. The molecule has 0 radical (unpaired) electrons. The first kappa shape index (κ1) is 14.1. The number of hydrogen-bond donors (Lipinski definition) is 2. The van der Waals surface area contributed by atoms with E-state index in [1.807, 2.05) is 36.4 Å². The summed E-state index contributed by atoms with van der Waals surface area (Å²) in [6, 6.07) is 15.7. The van der Waals surface area contributed by atoms with Crippen LogP contribution in [0.5, 0.6) is 0 Å². The van der Waals surface area contributed by atoms with E-state index in [1.54, 1.807) is 0 Å². The quantitative estimate of drug-likeness (QED) is 0.561. The van der Waals surface area contributed by atoms with Crippen LogP contribution in [0.4, 0.5) is 0 Å². The molecule has 108 valence electrons. The summed E-state index contributed by atoms with van der Waals surface area (Å²) < 4.78 is 5.93. The van der Waals surface area contributed by atoms with Crippen molar-refractivity contribution in [3.05, 3.63) is 70.4 Å². The third kappa shape index (κ3) is 2.56. The molecule has 4 heteroatoms. The number of para-hydroxylation sites is 1. The molecule has 3 aromatic rings. The molecule has 3 N–H and O–H groups in total. The van der Waals surface area contributed by atoms with E-state index in [2.05, 4.69) is 24.5 Å². The summed E-state index contributed by atoms with van der Waals surface area (Å²) in [5, 5.41) is 1.59. The molecule has 1 unspecified atom stereocenters. The predicted molar refractivity (Wildman–Crippen MR) is 86.2 cm³/mol. The van der Waals surface area contributed by atoms with Gasteiger partial charge in [0.1, 0.15) is 11.8 Å². The lowest BCUT2D eigenvalue weighted by atomic mass is 9.97. The highest BCUT2D eigenvalue weighted by molar-refractivity contribution is 6.34. The van der Waals surface area contributed by atoms with Gasteiger partial charge in [0.25, 0.3) is 0 Å². The van der Waals surface area contributed by atoms with Crippen LogP contribution in [0.2, 0.25) is 5.02 Å². The first-order valence-corrected chi connectivity index (χ1v) is 7.34. The summed E-state index contributed by atoms with van der Waals surface area (Å²) >= 11 is 6.18. The van der Waals surface area contributed by atoms with Crippen molar-refractivity contribution in [1.29, 1.82) is 0 Å². The molecule has 1 heterocycles. The van der Waals surface area contributed by atoms with Gasteiger partial charge in [-0.25, -0.2) is 5.43 Å². The van der Waals surface area contributed by atoms with Gasteiger partial charge in [0.15, 0.2) is 5.58 Å². The number of hydrogen-bond acceptors (Lipinski definition) is 3. The Morgan fingerprint density at radius 1 is 1.19 bits per heavy atom. The van der Waals surface area contributed by atoms with Crippen LogP contribution in [-0.2, 0) is 6.42 Å². The second-order valence-electron chi connectivity index (χ2n) is 4.96. The molecule has 0 amide bonds. The number of benzene rings is 2. The maximum absolute atomic E-state index is 6.18. The number of hydrazine groups is 1. The standard InChI is InChI=1S/C17H17ClN2O/c1-2-11-6-3-4-8-13(11)16(20-19)15-10-12-7-5-9-14(18)17(12)21-15/h3-10,16,20H,2,19H2,1H3. The van der Waals surface area contributed by atoms with E-state index in [4.69, 9.17) is 21.9 Å². The lowest BCUT2D eigenvalue weighted by Gasteiger charge is -2.17. The molecule has 0 aliphatic heterocycles. The molecule has 0 fully saturated rings. The van der Waals surface area contributed by atoms with Gasteiger partial charge >= 0.3 is 0 Å². The molecule has 1 aromatic heterocycles. The van der Waals surface area contributed by atoms with Gasteiger partial charge in [-0.15, -0.1) is 0 Å². The van der Waals surface area contributed by atoms with E-state index in [0.29, 0.717) is 10.6 Å². The fourth-order valence-corrected chi connectivity index (χ4v) is 2.87. The Bertz CT molecular complexity index is 766. The molecule has 21 heavy (non-hydrogen) atoms. The number of halogens is 1. The van der Waals surface area contributed by atoms with Crippen molar-refractivity contribution >= 4 is 22.6 Å². The Labute approximate surface area is 128 Å². The maximum atomic E-state index is 6.18. The summed E-state index contributed by atoms with van der Waals surface area (Å²) in [5.74, 6) is 6.54. The average Bonchev–Trinajstić information content (AvgIpc) is 2.94. The van der Waals surface area contributed by atoms with Gasteiger partial charge in [-0.1, -0.05) is 54.9 Å².